The summed E-state index contributed by atoms with van der Waals surface area (Å²) in [4.78, 5) is 4.48. The first kappa shape index (κ1) is 10.5. The Morgan fingerprint density at radius 2 is 2.17 bits per heavy atom. The normalized spacial score (nSPS) is 30.6. The summed E-state index contributed by atoms with van der Waals surface area (Å²) in [5, 5.41) is 1.72. The van der Waals surface area contributed by atoms with Crippen LogP contribution in [0.2, 0.25) is 0 Å². The molecule has 0 saturated heterocycles. The monoisotopic (exact) mass is 203 g/mol. The largest absolute Gasteiger partial charge is 0.269 e. The lowest BCUT2D eigenvalue weighted by Crippen LogP contribution is -2.14. The molecule has 0 aromatic carbocycles. The van der Waals surface area contributed by atoms with Crippen molar-refractivity contribution in [2.24, 2.45) is 10.9 Å². The van der Waals surface area contributed by atoms with Crippen molar-refractivity contribution < 1.29 is 0 Å². The van der Waals surface area contributed by atoms with Crippen LogP contribution in [0.1, 0.15) is 34.1 Å². The van der Waals surface area contributed by atoms with Crippen molar-refractivity contribution in [1.29, 1.82) is 0 Å². The van der Waals surface area contributed by atoms with Crippen molar-refractivity contribution >= 4 is 28.6 Å². The van der Waals surface area contributed by atoms with Crippen LogP contribution in [0.5, 0.6) is 0 Å². The van der Waals surface area contributed by atoms with Crippen LogP contribution in [0, 0.1) is 5.92 Å². The minimum absolute atomic E-state index is 0.468. The Morgan fingerprint density at radius 3 is 2.67 bits per heavy atom. The van der Waals surface area contributed by atoms with Gasteiger partial charge in [-0.1, -0.05) is 25.6 Å². The second-order valence-corrected chi connectivity index (χ2v) is 6.78. The Bertz CT molecular complexity index is 177. The van der Waals surface area contributed by atoms with Crippen LogP contribution in [0.15, 0.2) is 4.99 Å². The fourth-order valence-electron chi connectivity index (χ4n) is 1.24. The fourth-order valence-corrected chi connectivity index (χ4v) is 4.67. The average Bonchev–Trinajstić information content (AvgIpc) is 1.81. The van der Waals surface area contributed by atoms with Crippen LogP contribution >= 0.6 is 23.5 Å². The highest BCUT2D eigenvalue weighted by atomic mass is 32.2. The Morgan fingerprint density at radius 1 is 1.50 bits per heavy atom. The van der Waals surface area contributed by atoms with Gasteiger partial charge in [0.15, 0.2) is 0 Å². The van der Waals surface area contributed by atoms with Crippen molar-refractivity contribution in [1.82, 2.24) is 0 Å². The molecule has 1 heterocycles. The van der Waals surface area contributed by atoms with E-state index in [1.54, 1.807) is 0 Å². The molecule has 1 aliphatic rings. The summed E-state index contributed by atoms with van der Waals surface area (Å²) in [5.41, 5.74) is 0. The summed E-state index contributed by atoms with van der Waals surface area (Å²) in [6, 6.07) is 0. The summed E-state index contributed by atoms with van der Waals surface area (Å²) in [6.07, 6.45) is 1.30. The maximum absolute atomic E-state index is 4.48. The number of hydrogen-bond donors (Lipinski definition) is 0. The molecule has 0 bridgehead atoms. The maximum Gasteiger partial charge on any atom is 0.0943 e. The predicted molar refractivity (Wildman–Crippen MR) is 61.0 cm³/mol. The molecule has 3 heteroatoms. The summed E-state index contributed by atoms with van der Waals surface area (Å²) < 4.78 is 0.734. The highest BCUT2D eigenvalue weighted by Gasteiger charge is 2.20. The molecule has 0 saturated carbocycles. The maximum atomic E-state index is 4.48. The lowest BCUT2D eigenvalue weighted by Gasteiger charge is -2.24. The van der Waals surface area contributed by atoms with E-state index < -0.39 is 0 Å². The highest BCUT2D eigenvalue weighted by Crippen LogP contribution is 2.37. The van der Waals surface area contributed by atoms with Gasteiger partial charge >= 0.3 is 0 Å². The van der Waals surface area contributed by atoms with Crippen LogP contribution in [-0.4, -0.2) is 15.0 Å². The molecule has 12 heavy (non-hydrogen) atoms. The van der Waals surface area contributed by atoms with Gasteiger partial charge in [-0.25, -0.2) is 0 Å². The molecular weight excluding hydrogens is 186 g/mol. The zero-order chi connectivity index (χ0) is 9.14. The van der Waals surface area contributed by atoms with Crippen LogP contribution < -0.4 is 0 Å². The minimum Gasteiger partial charge on any atom is -0.269 e. The molecular formula is C9H17NS2. The quantitative estimate of drug-likeness (QED) is 0.680. The Hall–Kier alpha value is 0.370. The third-order valence-electron chi connectivity index (χ3n) is 1.68. The van der Waals surface area contributed by atoms with E-state index in [0.717, 1.165) is 10.5 Å². The van der Waals surface area contributed by atoms with Gasteiger partial charge in [-0.15, -0.1) is 11.8 Å². The molecule has 0 aromatic heterocycles. The summed E-state index contributed by atoms with van der Waals surface area (Å²) in [7, 11) is 0. The Balaban J connectivity index is 2.44. The lowest BCUT2D eigenvalue weighted by molar-refractivity contribution is 0.619. The predicted octanol–water partition coefficient (Wildman–Crippen LogP) is 3.60. The van der Waals surface area contributed by atoms with Gasteiger partial charge in [-0.3, -0.25) is 4.99 Å². The Kier molecular flexibility index (Phi) is 3.97. The zero-order valence-electron chi connectivity index (χ0n) is 8.20. The highest BCUT2D eigenvalue weighted by molar-refractivity contribution is 8.25. The fraction of sp³-hybridized carbons (Fsp3) is 0.889. The van der Waals surface area contributed by atoms with Crippen LogP contribution in [0.25, 0.3) is 0 Å². The van der Waals surface area contributed by atoms with Crippen molar-refractivity contribution in [2.75, 3.05) is 0 Å². The van der Waals surface area contributed by atoms with Gasteiger partial charge in [-0.05, 0) is 26.2 Å². The van der Waals surface area contributed by atoms with Gasteiger partial charge in [0.1, 0.15) is 0 Å². The molecule has 0 fully saturated rings. The second kappa shape index (κ2) is 4.56. The number of aliphatic imine (C=N–C) groups is 1. The molecule has 0 aromatic rings. The van der Waals surface area contributed by atoms with Gasteiger partial charge in [0.2, 0.25) is 0 Å². The average molecular weight is 203 g/mol. The molecule has 0 N–H and O–H groups in total. The molecule has 0 spiro atoms. The second-order valence-electron chi connectivity index (χ2n) is 3.56. The first-order valence-electron chi connectivity index (χ1n) is 4.44. The van der Waals surface area contributed by atoms with Crippen LogP contribution in [0.4, 0.5) is 0 Å². The van der Waals surface area contributed by atoms with Gasteiger partial charge in [0.05, 0.1) is 15.0 Å². The van der Waals surface area contributed by atoms with Gasteiger partial charge < -0.3 is 0 Å². The molecule has 0 amide bonds. The molecule has 1 nitrogen and oxygen atoms in total. The van der Waals surface area contributed by atoms with E-state index in [2.05, 4.69) is 32.7 Å². The van der Waals surface area contributed by atoms with Gasteiger partial charge in [0, 0.05) is 0 Å². The van der Waals surface area contributed by atoms with E-state index in [0.29, 0.717) is 5.37 Å². The van der Waals surface area contributed by atoms with Crippen molar-refractivity contribution in [3.8, 4) is 0 Å². The first-order chi connectivity index (χ1) is 5.58. The van der Waals surface area contributed by atoms with E-state index in [9.17, 15) is 0 Å². The molecule has 70 valence electrons. The Labute approximate surface area is 83.8 Å². The van der Waals surface area contributed by atoms with E-state index in [1.807, 2.05) is 23.5 Å². The van der Waals surface area contributed by atoms with Gasteiger partial charge in [-0.2, -0.15) is 0 Å². The molecule has 0 unspecified atom stereocenters. The van der Waals surface area contributed by atoms with Crippen molar-refractivity contribution in [2.45, 2.75) is 44.1 Å². The SMILES string of the molecule is CC1=N[C@H](C)S[C@H](CC(C)C)S1. The third kappa shape index (κ3) is 3.40. The molecule has 1 rings (SSSR count). The molecule has 0 radical (unpaired) electrons. The number of hydrogen-bond acceptors (Lipinski definition) is 3. The number of nitrogens with zero attached hydrogens (tertiary/aromatic N) is 1. The van der Waals surface area contributed by atoms with E-state index in [1.165, 1.54) is 11.5 Å². The molecule has 0 aliphatic carbocycles. The third-order valence-corrected chi connectivity index (χ3v) is 4.20. The van der Waals surface area contributed by atoms with Crippen molar-refractivity contribution in [3.05, 3.63) is 0 Å². The first-order valence-corrected chi connectivity index (χ1v) is 6.26. The van der Waals surface area contributed by atoms with Crippen LogP contribution in [0.3, 0.4) is 0 Å². The van der Waals surface area contributed by atoms with Crippen molar-refractivity contribution in [3.63, 3.8) is 0 Å². The lowest BCUT2D eigenvalue weighted by atomic mass is 10.2. The van der Waals surface area contributed by atoms with Crippen LogP contribution in [-0.2, 0) is 0 Å². The molecule has 1 aliphatic heterocycles. The standard InChI is InChI=1S/C9H17NS2/c1-6(2)5-9-11-7(3)10-8(4)12-9/h6-7,9H,5H2,1-4H3/t7-,9-/m0/s1. The number of thioether (sulfide) groups is 2. The zero-order valence-corrected chi connectivity index (χ0v) is 9.84. The number of rotatable bonds is 2. The van der Waals surface area contributed by atoms with E-state index in [4.69, 9.17) is 0 Å². The smallest absolute Gasteiger partial charge is 0.0943 e. The summed E-state index contributed by atoms with van der Waals surface area (Å²) >= 11 is 3.93. The minimum atomic E-state index is 0.468. The summed E-state index contributed by atoms with van der Waals surface area (Å²) in [5.74, 6) is 0.799. The topological polar surface area (TPSA) is 12.4 Å². The van der Waals surface area contributed by atoms with Gasteiger partial charge in [0.25, 0.3) is 0 Å². The van der Waals surface area contributed by atoms with E-state index >= 15 is 0 Å². The summed E-state index contributed by atoms with van der Waals surface area (Å²) in [6.45, 7) is 8.87. The molecule has 2 atom stereocenters. The van der Waals surface area contributed by atoms with E-state index in [-0.39, 0.29) is 0 Å².